The zero-order valence-electron chi connectivity index (χ0n) is 9.93. The van der Waals surface area contributed by atoms with Crippen molar-refractivity contribution in [2.45, 2.75) is 6.42 Å². The maximum atomic E-state index is 9.72. The SMILES string of the molecule is Cl.Cl.NCCCNc1ccc(O)c2ccccc12. The molecule has 5 heteroatoms. The fourth-order valence-corrected chi connectivity index (χ4v) is 1.76. The summed E-state index contributed by atoms with van der Waals surface area (Å²) < 4.78 is 0. The molecule has 100 valence electrons. The van der Waals surface area contributed by atoms with Gasteiger partial charge in [0.1, 0.15) is 5.75 Å². The van der Waals surface area contributed by atoms with Crippen molar-refractivity contribution in [2.75, 3.05) is 18.4 Å². The smallest absolute Gasteiger partial charge is 0.123 e. The highest BCUT2D eigenvalue weighted by Crippen LogP contribution is 2.30. The van der Waals surface area contributed by atoms with Crippen molar-refractivity contribution in [3.63, 3.8) is 0 Å². The lowest BCUT2D eigenvalue weighted by Gasteiger charge is -2.10. The maximum absolute atomic E-state index is 9.72. The Hall–Kier alpha value is -1.16. The van der Waals surface area contributed by atoms with Gasteiger partial charge in [-0.2, -0.15) is 0 Å². The van der Waals surface area contributed by atoms with Crippen LogP contribution in [0.25, 0.3) is 10.8 Å². The molecule has 0 heterocycles. The van der Waals surface area contributed by atoms with Gasteiger partial charge in [0.15, 0.2) is 0 Å². The third kappa shape index (κ3) is 3.67. The number of anilines is 1. The third-order valence-electron chi connectivity index (χ3n) is 2.60. The van der Waals surface area contributed by atoms with Crippen LogP contribution < -0.4 is 11.1 Å². The van der Waals surface area contributed by atoms with E-state index in [9.17, 15) is 5.11 Å². The summed E-state index contributed by atoms with van der Waals surface area (Å²) in [6.07, 6.45) is 0.940. The van der Waals surface area contributed by atoms with Gasteiger partial charge in [0.2, 0.25) is 0 Å². The number of rotatable bonds is 4. The van der Waals surface area contributed by atoms with Gasteiger partial charge < -0.3 is 16.2 Å². The average Bonchev–Trinajstić information content (AvgIpc) is 2.33. The van der Waals surface area contributed by atoms with Gasteiger partial charge in [0.25, 0.3) is 0 Å². The Labute approximate surface area is 119 Å². The number of fused-ring (bicyclic) bond motifs is 1. The molecule has 0 aliphatic carbocycles. The van der Waals surface area contributed by atoms with E-state index >= 15 is 0 Å². The topological polar surface area (TPSA) is 58.3 Å². The van der Waals surface area contributed by atoms with Crippen LogP contribution in [0.4, 0.5) is 5.69 Å². The zero-order chi connectivity index (χ0) is 11.4. The van der Waals surface area contributed by atoms with E-state index in [-0.39, 0.29) is 24.8 Å². The molecule has 3 nitrogen and oxygen atoms in total. The molecule has 2 aromatic rings. The van der Waals surface area contributed by atoms with E-state index in [4.69, 9.17) is 5.73 Å². The monoisotopic (exact) mass is 288 g/mol. The molecule has 0 aromatic heterocycles. The fourth-order valence-electron chi connectivity index (χ4n) is 1.76. The van der Waals surface area contributed by atoms with Crippen molar-refractivity contribution in [3.05, 3.63) is 36.4 Å². The van der Waals surface area contributed by atoms with Gasteiger partial charge >= 0.3 is 0 Å². The predicted molar refractivity (Wildman–Crippen MR) is 82.3 cm³/mol. The summed E-state index contributed by atoms with van der Waals surface area (Å²) in [6.45, 7) is 1.54. The molecule has 0 saturated carbocycles. The molecule has 0 unspecified atom stereocenters. The van der Waals surface area contributed by atoms with Gasteiger partial charge in [0.05, 0.1) is 0 Å². The Morgan fingerprint density at radius 2 is 1.67 bits per heavy atom. The second-order valence-corrected chi connectivity index (χ2v) is 3.75. The summed E-state index contributed by atoms with van der Waals surface area (Å²) in [5.41, 5.74) is 6.49. The van der Waals surface area contributed by atoms with Crippen LogP contribution in [0.15, 0.2) is 36.4 Å². The Balaban J connectivity index is 0.00000144. The Morgan fingerprint density at radius 3 is 2.33 bits per heavy atom. The van der Waals surface area contributed by atoms with Crippen LogP contribution in [0, 0.1) is 0 Å². The number of aromatic hydroxyl groups is 1. The lowest BCUT2D eigenvalue weighted by molar-refractivity contribution is 0.481. The summed E-state index contributed by atoms with van der Waals surface area (Å²) in [6, 6.07) is 11.4. The van der Waals surface area contributed by atoms with Gasteiger partial charge in [-0.3, -0.25) is 0 Å². The lowest BCUT2D eigenvalue weighted by atomic mass is 10.1. The molecule has 0 amide bonds. The molecule has 0 spiro atoms. The highest BCUT2D eigenvalue weighted by Gasteiger charge is 2.03. The van der Waals surface area contributed by atoms with Crippen LogP contribution in [0.1, 0.15) is 6.42 Å². The van der Waals surface area contributed by atoms with Crippen LogP contribution in [-0.2, 0) is 0 Å². The average molecular weight is 289 g/mol. The molecule has 0 saturated heterocycles. The number of nitrogens with one attached hydrogen (secondary N) is 1. The fraction of sp³-hybridized carbons (Fsp3) is 0.231. The summed E-state index contributed by atoms with van der Waals surface area (Å²) >= 11 is 0. The van der Waals surface area contributed by atoms with Gasteiger partial charge in [0, 0.05) is 23.0 Å². The first-order chi connectivity index (χ1) is 7.83. The van der Waals surface area contributed by atoms with Crippen molar-refractivity contribution in [1.29, 1.82) is 0 Å². The quantitative estimate of drug-likeness (QED) is 0.598. The van der Waals surface area contributed by atoms with Gasteiger partial charge in [-0.15, -0.1) is 24.8 Å². The van der Waals surface area contributed by atoms with E-state index in [0.717, 1.165) is 29.4 Å². The summed E-state index contributed by atoms with van der Waals surface area (Å²) in [5, 5.41) is 15.0. The molecule has 0 radical (unpaired) electrons. The molecule has 2 aromatic carbocycles. The number of benzene rings is 2. The van der Waals surface area contributed by atoms with E-state index in [1.165, 1.54) is 0 Å². The maximum Gasteiger partial charge on any atom is 0.123 e. The van der Waals surface area contributed by atoms with Crippen LogP contribution in [0.2, 0.25) is 0 Å². The zero-order valence-corrected chi connectivity index (χ0v) is 11.6. The molecule has 4 N–H and O–H groups in total. The summed E-state index contributed by atoms with van der Waals surface area (Å²) in [5.74, 6) is 0.319. The molecule has 0 atom stereocenters. The number of nitrogens with two attached hydrogens (primary N) is 1. The second-order valence-electron chi connectivity index (χ2n) is 3.75. The largest absolute Gasteiger partial charge is 0.507 e. The second kappa shape index (κ2) is 8.03. The Kier molecular flexibility index (Phi) is 7.51. The summed E-state index contributed by atoms with van der Waals surface area (Å²) in [4.78, 5) is 0. The van der Waals surface area contributed by atoms with Crippen LogP contribution in [0.3, 0.4) is 0 Å². The first-order valence-corrected chi connectivity index (χ1v) is 5.47. The Bertz CT molecular complexity index is 491. The minimum absolute atomic E-state index is 0. The van der Waals surface area contributed by atoms with Gasteiger partial charge in [-0.05, 0) is 25.1 Å². The van der Waals surface area contributed by atoms with Crippen LogP contribution >= 0.6 is 24.8 Å². The molecule has 0 bridgehead atoms. The molecule has 2 rings (SSSR count). The van der Waals surface area contributed by atoms with Gasteiger partial charge in [-0.25, -0.2) is 0 Å². The minimum Gasteiger partial charge on any atom is -0.507 e. The normalized spacial score (nSPS) is 9.39. The molecular weight excluding hydrogens is 271 g/mol. The highest BCUT2D eigenvalue weighted by atomic mass is 35.5. The number of phenols is 1. The number of hydrogen-bond donors (Lipinski definition) is 3. The van der Waals surface area contributed by atoms with Crippen molar-refractivity contribution in [1.82, 2.24) is 0 Å². The van der Waals surface area contributed by atoms with E-state index in [0.29, 0.717) is 12.3 Å². The molecule has 0 aliphatic rings. The first-order valence-electron chi connectivity index (χ1n) is 5.47. The molecule has 0 fully saturated rings. The lowest BCUT2D eigenvalue weighted by Crippen LogP contribution is -2.08. The molecule has 18 heavy (non-hydrogen) atoms. The van der Waals surface area contributed by atoms with Crippen LogP contribution in [-0.4, -0.2) is 18.2 Å². The number of phenolic OH excluding ortho intramolecular Hbond substituents is 1. The predicted octanol–water partition coefficient (Wildman–Crippen LogP) is 3.15. The third-order valence-corrected chi connectivity index (χ3v) is 2.60. The first kappa shape index (κ1) is 16.8. The molecular formula is C13H18Cl2N2O. The Morgan fingerprint density at radius 1 is 1.00 bits per heavy atom. The standard InChI is InChI=1S/C13H16N2O.2ClH/c14-8-3-9-15-12-6-7-13(16)11-5-2-1-4-10(11)12;;/h1-2,4-7,15-16H,3,8-9,14H2;2*1H. The van der Waals surface area contributed by atoms with Crippen molar-refractivity contribution in [2.24, 2.45) is 5.73 Å². The minimum atomic E-state index is 0. The van der Waals surface area contributed by atoms with E-state index in [2.05, 4.69) is 5.32 Å². The van der Waals surface area contributed by atoms with Crippen molar-refractivity contribution < 1.29 is 5.11 Å². The van der Waals surface area contributed by atoms with Gasteiger partial charge in [-0.1, -0.05) is 24.3 Å². The van der Waals surface area contributed by atoms with E-state index < -0.39 is 0 Å². The van der Waals surface area contributed by atoms with Crippen molar-refractivity contribution >= 4 is 41.3 Å². The van der Waals surface area contributed by atoms with E-state index in [1.807, 2.05) is 30.3 Å². The summed E-state index contributed by atoms with van der Waals surface area (Å²) in [7, 11) is 0. The van der Waals surface area contributed by atoms with Crippen LogP contribution in [0.5, 0.6) is 5.75 Å². The molecule has 0 aliphatic heterocycles. The number of hydrogen-bond acceptors (Lipinski definition) is 3. The van der Waals surface area contributed by atoms with E-state index in [1.54, 1.807) is 6.07 Å². The highest BCUT2D eigenvalue weighted by molar-refractivity contribution is 5.97. The number of halogens is 2. The van der Waals surface area contributed by atoms with Crippen molar-refractivity contribution in [3.8, 4) is 5.75 Å².